The average Bonchev–Trinajstić information content (AvgIpc) is 3.59. The van der Waals surface area contributed by atoms with Crippen LogP contribution in [0.1, 0.15) is 51.3 Å². The fourth-order valence-electron chi connectivity index (χ4n) is 4.18. The molecule has 0 saturated carbocycles. The van der Waals surface area contributed by atoms with Crippen LogP contribution in [0.3, 0.4) is 0 Å². The first kappa shape index (κ1) is 23.8. The van der Waals surface area contributed by atoms with Gasteiger partial charge in [0.2, 0.25) is 5.13 Å². The third-order valence-electron chi connectivity index (χ3n) is 6.09. The molecule has 4 aromatic heterocycles. The number of pyridine rings is 2. The maximum Gasteiger partial charge on any atom is 0.208 e. The molecule has 0 radical (unpaired) electrons. The van der Waals surface area contributed by atoms with E-state index >= 15 is 0 Å². The fraction of sp³-hybridized carbons (Fsp3) is 0.308. The minimum atomic E-state index is -0.0146. The van der Waals surface area contributed by atoms with Gasteiger partial charge in [0, 0.05) is 55.6 Å². The third-order valence-corrected chi connectivity index (χ3v) is 7.11. The summed E-state index contributed by atoms with van der Waals surface area (Å²) in [5, 5.41) is 18.3. The second-order valence-corrected chi connectivity index (χ2v) is 9.68. The molecular weight excluding hydrogens is 474 g/mol. The molecule has 1 fully saturated rings. The van der Waals surface area contributed by atoms with Gasteiger partial charge in [0.25, 0.3) is 0 Å². The van der Waals surface area contributed by atoms with Crippen molar-refractivity contribution in [2.75, 3.05) is 18.0 Å². The molecule has 0 unspecified atom stereocenters. The van der Waals surface area contributed by atoms with Gasteiger partial charge in [-0.1, -0.05) is 23.5 Å². The molecule has 0 aliphatic carbocycles. The summed E-state index contributed by atoms with van der Waals surface area (Å²) in [6.07, 6.45) is 5.81. The largest absolute Gasteiger partial charge is 0.346 e. The Morgan fingerprint density at radius 2 is 1.64 bits per heavy atom. The summed E-state index contributed by atoms with van der Waals surface area (Å²) >= 11 is 1.34. The zero-order valence-corrected chi connectivity index (χ0v) is 20.5. The number of aryl methyl sites for hydroxylation is 1. The lowest BCUT2D eigenvalue weighted by molar-refractivity contribution is -0.117. The zero-order chi connectivity index (χ0) is 24.7. The van der Waals surface area contributed by atoms with Gasteiger partial charge in [-0.25, -0.2) is 0 Å². The maximum absolute atomic E-state index is 12.6. The Labute approximate surface area is 212 Å². The number of Topliss-reactive ketones (excluding diaryl/α,β-unsaturated/α-hetero) is 2. The molecule has 0 spiro atoms. The van der Waals surface area contributed by atoms with E-state index in [1.807, 2.05) is 48.5 Å². The van der Waals surface area contributed by atoms with Gasteiger partial charge in [0.1, 0.15) is 5.78 Å². The normalized spacial score (nSPS) is 15.2. The number of nitrogens with zero attached hydrogens (tertiary/aromatic N) is 7. The summed E-state index contributed by atoms with van der Waals surface area (Å²) in [6, 6.07) is 15.1. The minimum absolute atomic E-state index is 0.0146. The lowest BCUT2D eigenvalue weighted by Crippen LogP contribution is -2.19. The van der Waals surface area contributed by atoms with E-state index in [2.05, 4.69) is 35.3 Å². The Morgan fingerprint density at radius 1 is 0.861 bits per heavy atom. The maximum atomic E-state index is 12.6. The summed E-state index contributed by atoms with van der Waals surface area (Å²) < 4.78 is 0. The summed E-state index contributed by atoms with van der Waals surface area (Å²) in [5.41, 5.74) is 3.21. The van der Waals surface area contributed by atoms with Gasteiger partial charge < -0.3 is 4.90 Å². The van der Waals surface area contributed by atoms with E-state index in [1.54, 1.807) is 12.4 Å². The number of anilines is 1. The van der Waals surface area contributed by atoms with E-state index in [0.717, 1.165) is 41.7 Å². The van der Waals surface area contributed by atoms with Crippen LogP contribution in [0.15, 0.2) is 60.9 Å². The van der Waals surface area contributed by atoms with Gasteiger partial charge in [-0.3, -0.25) is 19.6 Å². The molecular formula is C26H25N7O2S. The lowest BCUT2D eigenvalue weighted by atomic mass is 10.0. The predicted molar refractivity (Wildman–Crippen MR) is 135 cm³/mol. The van der Waals surface area contributed by atoms with Gasteiger partial charge >= 0.3 is 0 Å². The van der Waals surface area contributed by atoms with E-state index in [-0.39, 0.29) is 30.3 Å². The Bertz CT molecular complexity index is 1310. The first-order valence-electron chi connectivity index (χ1n) is 11.9. The van der Waals surface area contributed by atoms with Gasteiger partial charge in [-0.2, -0.15) is 10.2 Å². The van der Waals surface area contributed by atoms with E-state index in [4.69, 9.17) is 0 Å². The quantitative estimate of drug-likeness (QED) is 0.303. The van der Waals surface area contributed by atoms with E-state index in [1.165, 1.54) is 11.3 Å². The van der Waals surface area contributed by atoms with Crippen LogP contribution in [0.25, 0.3) is 0 Å². The number of carbonyl (C=O) groups excluding carboxylic acids is 2. The minimum Gasteiger partial charge on any atom is -0.346 e. The standard InChI is InChI=1S/C26H25N7O2S/c34-22(15-20-6-2-4-13-28-20)16-21-7-9-23(30-29-21)18-11-14-33(17-18)26-32-31-25(36-26)24(35)10-8-19-5-1-3-12-27-19/h1-7,9,12-13,18H,8,10-11,14-17H2/t18-/m1/s1. The summed E-state index contributed by atoms with van der Waals surface area (Å²) in [4.78, 5) is 35.5. The molecule has 0 amide bonds. The molecule has 0 N–H and O–H groups in total. The van der Waals surface area contributed by atoms with Crippen LogP contribution < -0.4 is 4.90 Å². The second kappa shape index (κ2) is 11.2. The molecule has 1 aliphatic heterocycles. The van der Waals surface area contributed by atoms with E-state index in [0.29, 0.717) is 23.5 Å². The van der Waals surface area contributed by atoms with Crippen molar-refractivity contribution < 1.29 is 9.59 Å². The molecule has 1 aliphatic rings. The highest BCUT2D eigenvalue weighted by atomic mass is 32.1. The highest BCUT2D eigenvalue weighted by molar-refractivity contribution is 7.17. The Kier molecular flexibility index (Phi) is 7.41. The molecule has 36 heavy (non-hydrogen) atoms. The molecule has 182 valence electrons. The van der Waals surface area contributed by atoms with Crippen molar-refractivity contribution in [3.63, 3.8) is 0 Å². The Balaban J connectivity index is 1.13. The average molecular weight is 500 g/mol. The lowest BCUT2D eigenvalue weighted by Gasteiger charge is -2.13. The van der Waals surface area contributed by atoms with Crippen LogP contribution >= 0.6 is 11.3 Å². The zero-order valence-electron chi connectivity index (χ0n) is 19.7. The summed E-state index contributed by atoms with van der Waals surface area (Å²) in [7, 11) is 0. The first-order valence-corrected chi connectivity index (χ1v) is 12.7. The molecule has 1 saturated heterocycles. The number of aromatic nitrogens is 6. The highest BCUT2D eigenvalue weighted by Crippen LogP contribution is 2.31. The number of ketones is 2. The van der Waals surface area contributed by atoms with Crippen molar-refractivity contribution >= 4 is 28.0 Å². The third kappa shape index (κ3) is 6.01. The predicted octanol–water partition coefficient (Wildman–Crippen LogP) is 3.28. The van der Waals surface area contributed by atoms with Crippen LogP contribution in [0.5, 0.6) is 0 Å². The van der Waals surface area contributed by atoms with Crippen molar-refractivity contribution in [1.82, 2.24) is 30.4 Å². The van der Waals surface area contributed by atoms with E-state index in [9.17, 15) is 9.59 Å². The highest BCUT2D eigenvalue weighted by Gasteiger charge is 2.28. The van der Waals surface area contributed by atoms with E-state index < -0.39 is 0 Å². The molecule has 10 heteroatoms. The number of rotatable bonds is 10. The van der Waals surface area contributed by atoms with Crippen LogP contribution in [-0.2, 0) is 24.1 Å². The van der Waals surface area contributed by atoms with Gasteiger partial charge in [-0.15, -0.1) is 10.2 Å². The SMILES string of the molecule is O=C(Cc1ccccn1)Cc1ccc([C@@H]2CCN(c3nnc(C(=O)CCc4ccccn4)s3)C2)nn1. The van der Waals surface area contributed by atoms with Crippen LogP contribution in [0.4, 0.5) is 5.13 Å². The number of hydrogen-bond donors (Lipinski definition) is 0. The van der Waals surface area contributed by atoms with Gasteiger partial charge in [0.15, 0.2) is 10.8 Å². The van der Waals surface area contributed by atoms with Gasteiger partial charge in [0.05, 0.1) is 17.8 Å². The van der Waals surface area contributed by atoms with Crippen LogP contribution in [0, 0.1) is 0 Å². The topological polar surface area (TPSA) is 115 Å². The molecule has 5 rings (SSSR count). The van der Waals surface area contributed by atoms with Crippen LogP contribution in [-0.4, -0.2) is 55.0 Å². The smallest absolute Gasteiger partial charge is 0.208 e. The van der Waals surface area contributed by atoms with Crippen molar-refractivity contribution in [2.45, 2.75) is 38.0 Å². The van der Waals surface area contributed by atoms with Crippen molar-refractivity contribution in [1.29, 1.82) is 0 Å². The van der Waals surface area contributed by atoms with Crippen molar-refractivity contribution in [2.24, 2.45) is 0 Å². The Morgan fingerprint density at radius 3 is 2.36 bits per heavy atom. The van der Waals surface area contributed by atoms with Crippen LogP contribution in [0.2, 0.25) is 0 Å². The molecule has 9 nitrogen and oxygen atoms in total. The molecule has 4 aromatic rings. The van der Waals surface area contributed by atoms with Gasteiger partial charge in [-0.05, 0) is 49.2 Å². The fourth-order valence-corrected chi connectivity index (χ4v) is 5.02. The summed E-state index contributed by atoms with van der Waals surface area (Å²) in [6.45, 7) is 1.55. The Hall–Kier alpha value is -3.92. The second-order valence-electron chi connectivity index (χ2n) is 8.73. The molecule has 0 aromatic carbocycles. The monoisotopic (exact) mass is 499 g/mol. The number of hydrogen-bond acceptors (Lipinski definition) is 10. The summed E-state index contributed by atoms with van der Waals surface area (Å²) in [5.74, 6) is 0.256. The first-order chi connectivity index (χ1) is 17.6. The number of carbonyl (C=O) groups is 2. The molecule has 0 bridgehead atoms. The van der Waals surface area contributed by atoms with Crippen molar-refractivity contribution in [3.8, 4) is 0 Å². The molecule has 5 heterocycles. The molecule has 1 atom stereocenters. The van der Waals surface area contributed by atoms with Crippen molar-refractivity contribution in [3.05, 3.63) is 88.7 Å².